The second-order valence-electron chi connectivity index (χ2n) is 4.40. The first-order chi connectivity index (χ1) is 8.74. The summed E-state index contributed by atoms with van der Waals surface area (Å²) in [4.78, 5) is 2.16. The fourth-order valence-electron chi connectivity index (χ4n) is 2.33. The SMILES string of the molecule is NCC(c1cccc(F)c1F)N1CCCSCC1. The highest BCUT2D eigenvalue weighted by Crippen LogP contribution is 2.26. The monoisotopic (exact) mass is 272 g/mol. The minimum atomic E-state index is -0.796. The van der Waals surface area contributed by atoms with E-state index < -0.39 is 11.6 Å². The minimum Gasteiger partial charge on any atom is -0.329 e. The van der Waals surface area contributed by atoms with Gasteiger partial charge >= 0.3 is 0 Å². The van der Waals surface area contributed by atoms with E-state index in [1.807, 2.05) is 11.8 Å². The predicted molar refractivity (Wildman–Crippen MR) is 71.7 cm³/mol. The van der Waals surface area contributed by atoms with Crippen molar-refractivity contribution >= 4 is 11.8 Å². The maximum Gasteiger partial charge on any atom is 0.163 e. The topological polar surface area (TPSA) is 29.3 Å². The highest BCUT2D eigenvalue weighted by atomic mass is 32.2. The third-order valence-corrected chi connectivity index (χ3v) is 4.31. The first-order valence-electron chi connectivity index (χ1n) is 6.20. The Balaban J connectivity index is 2.23. The molecule has 1 aromatic carbocycles. The van der Waals surface area contributed by atoms with Gasteiger partial charge in [0.25, 0.3) is 0 Å². The van der Waals surface area contributed by atoms with E-state index >= 15 is 0 Å². The van der Waals surface area contributed by atoms with Gasteiger partial charge in [0.05, 0.1) is 6.04 Å². The smallest absolute Gasteiger partial charge is 0.163 e. The summed E-state index contributed by atoms with van der Waals surface area (Å²) in [7, 11) is 0. The van der Waals surface area contributed by atoms with Crippen LogP contribution in [0.4, 0.5) is 8.78 Å². The van der Waals surface area contributed by atoms with Crippen LogP contribution in [0.1, 0.15) is 18.0 Å². The fourth-order valence-corrected chi connectivity index (χ4v) is 3.23. The van der Waals surface area contributed by atoms with Gasteiger partial charge < -0.3 is 5.73 Å². The van der Waals surface area contributed by atoms with E-state index in [9.17, 15) is 8.78 Å². The molecule has 0 amide bonds. The predicted octanol–water partition coefficient (Wildman–Crippen LogP) is 2.40. The van der Waals surface area contributed by atoms with Crippen molar-refractivity contribution in [2.24, 2.45) is 5.73 Å². The van der Waals surface area contributed by atoms with Crippen LogP contribution in [-0.4, -0.2) is 36.0 Å². The molecule has 2 nitrogen and oxygen atoms in total. The quantitative estimate of drug-likeness (QED) is 0.916. The lowest BCUT2D eigenvalue weighted by Gasteiger charge is -2.30. The molecular formula is C13H18F2N2S. The van der Waals surface area contributed by atoms with Crippen LogP contribution in [0.2, 0.25) is 0 Å². The summed E-state index contributed by atoms with van der Waals surface area (Å²) in [5.41, 5.74) is 6.15. The molecule has 0 radical (unpaired) electrons. The van der Waals surface area contributed by atoms with Gasteiger partial charge in [-0.2, -0.15) is 11.8 Å². The number of nitrogens with two attached hydrogens (primary N) is 1. The largest absolute Gasteiger partial charge is 0.329 e. The molecule has 1 unspecified atom stereocenters. The van der Waals surface area contributed by atoms with Crippen molar-refractivity contribution in [1.82, 2.24) is 4.90 Å². The number of nitrogens with zero attached hydrogens (tertiary/aromatic N) is 1. The molecule has 0 bridgehead atoms. The molecule has 1 atom stereocenters. The summed E-state index contributed by atoms with van der Waals surface area (Å²) in [6.45, 7) is 2.08. The molecular weight excluding hydrogens is 254 g/mol. The average Bonchev–Trinajstić information content (AvgIpc) is 2.64. The van der Waals surface area contributed by atoms with Crippen LogP contribution in [-0.2, 0) is 0 Å². The molecule has 5 heteroatoms. The van der Waals surface area contributed by atoms with Gasteiger partial charge in [-0.05, 0) is 24.8 Å². The van der Waals surface area contributed by atoms with Crippen molar-refractivity contribution < 1.29 is 8.78 Å². The van der Waals surface area contributed by atoms with Gasteiger partial charge in [0.2, 0.25) is 0 Å². The lowest BCUT2D eigenvalue weighted by atomic mass is 10.0. The van der Waals surface area contributed by atoms with Gasteiger partial charge in [-0.25, -0.2) is 8.78 Å². The van der Waals surface area contributed by atoms with Crippen LogP contribution in [0.15, 0.2) is 18.2 Å². The average molecular weight is 272 g/mol. The van der Waals surface area contributed by atoms with E-state index in [1.54, 1.807) is 12.1 Å². The minimum absolute atomic E-state index is 0.223. The molecule has 0 aromatic heterocycles. The lowest BCUT2D eigenvalue weighted by molar-refractivity contribution is 0.212. The fraction of sp³-hybridized carbons (Fsp3) is 0.538. The summed E-state index contributed by atoms with van der Waals surface area (Å²) < 4.78 is 27.1. The number of hydrogen-bond donors (Lipinski definition) is 1. The van der Waals surface area contributed by atoms with Crippen LogP contribution in [0.3, 0.4) is 0 Å². The van der Waals surface area contributed by atoms with Gasteiger partial charge in [0.15, 0.2) is 11.6 Å². The maximum absolute atomic E-state index is 13.8. The molecule has 100 valence electrons. The van der Waals surface area contributed by atoms with Gasteiger partial charge in [-0.15, -0.1) is 0 Å². The highest BCUT2D eigenvalue weighted by molar-refractivity contribution is 7.99. The summed E-state index contributed by atoms with van der Waals surface area (Å²) in [5, 5.41) is 0. The van der Waals surface area contributed by atoms with Gasteiger partial charge in [0, 0.05) is 24.4 Å². The Morgan fingerprint density at radius 1 is 1.28 bits per heavy atom. The van der Waals surface area contributed by atoms with Crippen molar-refractivity contribution in [2.75, 3.05) is 31.1 Å². The van der Waals surface area contributed by atoms with Crippen LogP contribution in [0.25, 0.3) is 0 Å². The Morgan fingerprint density at radius 2 is 2.11 bits per heavy atom. The standard InChI is InChI=1S/C13H18F2N2S/c14-11-4-1-3-10(13(11)15)12(9-16)17-5-2-7-18-8-6-17/h1,3-4,12H,2,5-9,16H2. The zero-order valence-corrected chi connectivity index (χ0v) is 11.1. The maximum atomic E-state index is 13.8. The summed E-state index contributed by atoms with van der Waals surface area (Å²) in [6, 6.07) is 4.10. The van der Waals surface area contributed by atoms with Gasteiger partial charge in [-0.1, -0.05) is 12.1 Å². The Kier molecular flexibility index (Phi) is 4.97. The number of thioether (sulfide) groups is 1. The Bertz CT molecular complexity index is 393. The van der Waals surface area contributed by atoms with Crippen LogP contribution >= 0.6 is 11.8 Å². The van der Waals surface area contributed by atoms with Crippen molar-refractivity contribution in [2.45, 2.75) is 12.5 Å². The number of hydrogen-bond acceptors (Lipinski definition) is 3. The molecule has 1 aromatic rings. The normalized spacial score (nSPS) is 19.5. The number of halogens is 2. The molecule has 1 aliphatic heterocycles. The number of benzene rings is 1. The Hall–Kier alpha value is -0.650. The molecule has 0 spiro atoms. The third-order valence-electron chi connectivity index (χ3n) is 3.26. The second kappa shape index (κ2) is 6.50. The van der Waals surface area contributed by atoms with E-state index in [-0.39, 0.29) is 6.04 Å². The molecule has 0 saturated carbocycles. The van der Waals surface area contributed by atoms with Gasteiger partial charge in [-0.3, -0.25) is 4.90 Å². The first kappa shape index (κ1) is 13.8. The molecule has 2 N–H and O–H groups in total. The third kappa shape index (κ3) is 3.02. The molecule has 1 heterocycles. The molecule has 2 rings (SSSR count). The zero-order chi connectivity index (χ0) is 13.0. The van der Waals surface area contributed by atoms with E-state index in [1.165, 1.54) is 0 Å². The molecule has 1 saturated heterocycles. The van der Waals surface area contributed by atoms with Crippen molar-refractivity contribution in [1.29, 1.82) is 0 Å². The summed E-state index contributed by atoms with van der Waals surface area (Å²) in [6.07, 6.45) is 1.07. The first-order valence-corrected chi connectivity index (χ1v) is 7.35. The lowest BCUT2D eigenvalue weighted by Crippen LogP contribution is -2.36. The molecule has 1 fully saturated rings. The Labute approximate surface area is 111 Å². The highest BCUT2D eigenvalue weighted by Gasteiger charge is 2.24. The van der Waals surface area contributed by atoms with Gasteiger partial charge in [0.1, 0.15) is 0 Å². The van der Waals surface area contributed by atoms with Crippen molar-refractivity contribution in [3.8, 4) is 0 Å². The van der Waals surface area contributed by atoms with E-state index in [0.717, 1.165) is 37.1 Å². The van der Waals surface area contributed by atoms with E-state index in [2.05, 4.69) is 4.90 Å². The van der Waals surface area contributed by atoms with Crippen LogP contribution < -0.4 is 5.73 Å². The number of rotatable bonds is 3. The van der Waals surface area contributed by atoms with E-state index in [0.29, 0.717) is 12.1 Å². The summed E-state index contributed by atoms with van der Waals surface area (Å²) in [5.74, 6) is 0.590. The van der Waals surface area contributed by atoms with Crippen LogP contribution in [0.5, 0.6) is 0 Å². The molecule has 0 aliphatic carbocycles. The van der Waals surface area contributed by atoms with Crippen molar-refractivity contribution in [3.63, 3.8) is 0 Å². The molecule has 18 heavy (non-hydrogen) atoms. The summed E-state index contributed by atoms with van der Waals surface area (Å²) >= 11 is 1.90. The molecule has 1 aliphatic rings. The van der Waals surface area contributed by atoms with Crippen LogP contribution in [0, 0.1) is 11.6 Å². The zero-order valence-electron chi connectivity index (χ0n) is 10.2. The van der Waals surface area contributed by atoms with E-state index in [4.69, 9.17) is 5.73 Å². The van der Waals surface area contributed by atoms with Crippen molar-refractivity contribution in [3.05, 3.63) is 35.4 Å². The second-order valence-corrected chi connectivity index (χ2v) is 5.62. The Morgan fingerprint density at radius 3 is 2.89 bits per heavy atom.